The van der Waals surface area contributed by atoms with Gasteiger partial charge >= 0.3 is 11.9 Å². The van der Waals surface area contributed by atoms with Crippen molar-refractivity contribution in [3.8, 4) is 0 Å². The van der Waals surface area contributed by atoms with Crippen LogP contribution in [0.4, 0.5) is 16.2 Å². The molecule has 0 radical (unpaired) electrons. The number of anilines is 2. The number of nitrogens with one attached hydrogen (secondary N) is 2. The molecule has 3 amide bonds. The molecule has 0 saturated carbocycles. The highest BCUT2D eigenvalue weighted by Gasteiger charge is 2.26. The highest BCUT2D eigenvalue weighted by molar-refractivity contribution is 6.36. The standard InChI is InChI=1S/C17H13Cl2N3O3/c18-11-6-7-13(12(19)9-11)20-17(25)21-22-14-4-2-1-3-10(14)5-8-15(23)16(22)24/h1-4,6-9,23H,5H2,(H2,20,21,25). The quantitative estimate of drug-likeness (QED) is 0.737. The normalized spacial score (nSPS) is 13.6. The van der Waals surface area contributed by atoms with Gasteiger partial charge in [-0.25, -0.2) is 15.2 Å². The van der Waals surface area contributed by atoms with Crippen LogP contribution in [-0.4, -0.2) is 17.0 Å². The second-order valence-electron chi connectivity index (χ2n) is 5.25. The zero-order valence-electron chi connectivity index (χ0n) is 12.8. The molecule has 0 unspecified atom stereocenters. The maximum absolute atomic E-state index is 12.3. The van der Waals surface area contributed by atoms with Crippen molar-refractivity contribution < 1.29 is 14.7 Å². The fourth-order valence-electron chi connectivity index (χ4n) is 2.37. The number of carbonyl (C=O) groups is 2. The summed E-state index contributed by atoms with van der Waals surface area (Å²) in [5.74, 6) is -1.18. The van der Waals surface area contributed by atoms with E-state index >= 15 is 0 Å². The summed E-state index contributed by atoms with van der Waals surface area (Å²) in [7, 11) is 0. The van der Waals surface area contributed by atoms with Crippen molar-refractivity contribution >= 4 is 46.5 Å². The van der Waals surface area contributed by atoms with Gasteiger partial charge < -0.3 is 10.4 Å². The van der Waals surface area contributed by atoms with Crippen molar-refractivity contribution in [2.45, 2.75) is 6.42 Å². The lowest BCUT2D eigenvalue weighted by molar-refractivity contribution is -0.118. The van der Waals surface area contributed by atoms with Gasteiger partial charge in [0.2, 0.25) is 0 Å². The largest absolute Gasteiger partial charge is 0.503 e. The lowest BCUT2D eigenvalue weighted by atomic mass is 10.1. The third-order valence-electron chi connectivity index (χ3n) is 3.56. The Morgan fingerprint density at radius 2 is 1.92 bits per heavy atom. The summed E-state index contributed by atoms with van der Waals surface area (Å²) in [6, 6.07) is 10.9. The first-order valence-electron chi connectivity index (χ1n) is 7.30. The number of carbonyl (C=O) groups excluding carboxylic acids is 2. The van der Waals surface area contributed by atoms with Crippen LogP contribution in [0.2, 0.25) is 10.0 Å². The van der Waals surface area contributed by atoms with Crippen LogP contribution in [0.15, 0.2) is 54.3 Å². The van der Waals surface area contributed by atoms with Gasteiger partial charge in [-0.1, -0.05) is 41.4 Å². The third-order valence-corrected chi connectivity index (χ3v) is 4.11. The number of nitrogens with zero attached hydrogens (tertiary/aromatic N) is 1. The Labute approximate surface area is 153 Å². The number of para-hydroxylation sites is 1. The number of rotatable bonds is 2. The molecular formula is C17H13Cl2N3O3. The summed E-state index contributed by atoms with van der Waals surface area (Å²) < 4.78 is 0. The number of fused-ring (bicyclic) bond motifs is 1. The molecular weight excluding hydrogens is 365 g/mol. The van der Waals surface area contributed by atoms with Crippen LogP contribution in [0.25, 0.3) is 0 Å². The van der Waals surface area contributed by atoms with Gasteiger partial charge in [0.1, 0.15) is 0 Å². The molecule has 0 bridgehead atoms. The van der Waals surface area contributed by atoms with Gasteiger partial charge in [0.25, 0.3) is 0 Å². The molecule has 3 rings (SSSR count). The smallest absolute Gasteiger partial charge is 0.338 e. The van der Waals surface area contributed by atoms with Crippen molar-refractivity contribution in [1.29, 1.82) is 0 Å². The Hall–Kier alpha value is -2.70. The van der Waals surface area contributed by atoms with Gasteiger partial charge in [0.15, 0.2) is 5.76 Å². The molecule has 2 aromatic carbocycles. The maximum Gasteiger partial charge on any atom is 0.338 e. The fourth-order valence-corrected chi connectivity index (χ4v) is 2.83. The summed E-state index contributed by atoms with van der Waals surface area (Å²) in [5.41, 5.74) is 4.02. The minimum Gasteiger partial charge on any atom is -0.503 e. The van der Waals surface area contributed by atoms with Gasteiger partial charge in [0.05, 0.1) is 16.4 Å². The second kappa shape index (κ2) is 7.04. The van der Waals surface area contributed by atoms with Gasteiger partial charge in [-0.05, 0) is 42.3 Å². The molecule has 128 valence electrons. The van der Waals surface area contributed by atoms with E-state index in [1.807, 2.05) is 6.07 Å². The first-order chi connectivity index (χ1) is 12.0. The molecule has 1 aliphatic rings. The summed E-state index contributed by atoms with van der Waals surface area (Å²) >= 11 is 11.8. The van der Waals surface area contributed by atoms with Crippen LogP contribution in [0.5, 0.6) is 0 Å². The van der Waals surface area contributed by atoms with E-state index in [0.29, 0.717) is 22.8 Å². The number of hydrogen-bond acceptors (Lipinski definition) is 3. The average Bonchev–Trinajstić information content (AvgIpc) is 2.70. The first kappa shape index (κ1) is 17.1. The van der Waals surface area contributed by atoms with Crippen LogP contribution < -0.4 is 15.8 Å². The number of allylic oxidation sites excluding steroid dienone is 1. The van der Waals surface area contributed by atoms with Crippen molar-refractivity contribution in [1.82, 2.24) is 5.43 Å². The van der Waals surface area contributed by atoms with E-state index in [4.69, 9.17) is 23.2 Å². The molecule has 0 saturated heterocycles. The molecule has 1 heterocycles. The van der Waals surface area contributed by atoms with E-state index in [1.54, 1.807) is 30.3 Å². The number of aliphatic hydroxyl groups is 1. The summed E-state index contributed by atoms with van der Waals surface area (Å²) in [5, 5.41) is 14.1. The van der Waals surface area contributed by atoms with E-state index in [1.165, 1.54) is 12.1 Å². The second-order valence-corrected chi connectivity index (χ2v) is 6.10. The lowest BCUT2D eigenvalue weighted by Crippen LogP contribution is -2.48. The molecule has 0 aromatic heterocycles. The molecule has 25 heavy (non-hydrogen) atoms. The first-order valence-corrected chi connectivity index (χ1v) is 8.05. The number of hydrazine groups is 1. The topological polar surface area (TPSA) is 81.7 Å². The van der Waals surface area contributed by atoms with E-state index in [0.717, 1.165) is 10.6 Å². The molecule has 0 atom stereocenters. The monoisotopic (exact) mass is 377 g/mol. The third kappa shape index (κ3) is 3.70. The van der Waals surface area contributed by atoms with E-state index in [-0.39, 0.29) is 5.02 Å². The Balaban J connectivity index is 1.84. The molecule has 0 fully saturated rings. The fraction of sp³-hybridized carbons (Fsp3) is 0.0588. The highest BCUT2D eigenvalue weighted by atomic mass is 35.5. The molecule has 1 aliphatic heterocycles. The predicted octanol–water partition coefficient (Wildman–Crippen LogP) is 4.06. The number of urea groups is 1. The van der Waals surface area contributed by atoms with Crippen LogP contribution in [0.1, 0.15) is 5.56 Å². The lowest BCUT2D eigenvalue weighted by Gasteiger charge is -2.23. The van der Waals surface area contributed by atoms with E-state index in [9.17, 15) is 14.7 Å². The zero-order valence-corrected chi connectivity index (χ0v) is 14.3. The highest BCUT2D eigenvalue weighted by Crippen LogP contribution is 2.26. The number of aliphatic hydroxyl groups excluding tert-OH is 1. The van der Waals surface area contributed by atoms with Gasteiger partial charge in [-0.3, -0.25) is 4.79 Å². The molecule has 0 spiro atoms. The zero-order chi connectivity index (χ0) is 18.0. The number of halogens is 2. The predicted molar refractivity (Wildman–Crippen MR) is 97.0 cm³/mol. The number of benzene rings is 2. The van der Waals surface area contributed by atoms with E-state index < -0.39 is 17.7 Å². The van der Waals surface area contributed by atoms with Crippen molar-refractivity contribution in [3.05, 3.63) is 69.9 Å². The minimum absolute atomic E-state index is 0.257. The Morgan fingerprint density at radius 3 is 2.68 bits per heavy atom. The number of amides is 3. The van der Waals surface area contributed by atoms with E-state index in [2.05, 4.69) is 10.7 Å². The van der Waals surface area contributed by atoms with Gasteiger partial charge in [0, 0.05) is 5.02 Å². The van der Waals surface area contributed by atoms with Crippen molar-refractivity contribution in [3.63, 3.8) is 0 Å². The average molecular weight is 378 g/mol. The molecule has 2 aromatic rings. The molecule has 0 aliphatic carbocycles. The molecule has 8 heteroatoms. The van der Waals surface area contributed by atoms with Crippen molar-refractivity contribution in [2.24, 2.45) is 0 Å². The van der Waals surface area contributed by atoms with Crippen LogP contribution >= 0.6 is 23.2 Å². The van der Waals surface area contributed by atoms with Crippen molar-refractivity contribution in [2.75, 3.05) is 10.3 Å². The Bertz CT molecular complexity index is 883. The van der Waals surface area contributed by atoms with Gasteiger partial charge in [-0.15, -0.1) is 0 Å². The van der Waals surface area contributed by atoms with Gasteiger partial charge in [-0.2, -0.15) is 0 Å². The summed E-state index contributed by atoms with van der Waals surface area (Å²) in [4.78, 5) is 24.6. The maximum atomic E-state index is 12.3. The Morgan fingerprint density at radius 1 is 1.16 bits per heavy atom. The van der Waals surface area contributed by atoms with Crippen LogP contribution in [-0.2, 0) is 11.2 Å². The van der Waals surface area contributed by atoms with Crippen LogP contribution in [0, 0.1) is 0 Å². The summed E-state index contributed by atoms with van der Waals surface area (Å²) in [6.45, 7) is 0. The summed E-state index contributed by atoms with van der Waals surface area (Å²) in [6.07, 6.45) is 1.77. The van der Waals surface area contributed by atoms with Crippen LogP contribution in [0.3, 0.4) is 0 Å². The molecule has 3 N–H and O–H groups in total. The Kier molecular flexibility index (Phi) is 4.83. The minimum atomic E-state index is -0.734. The number of hydrogen-bond donors (Lipinski definition) is 3. The SMILES string of the molecule is O=C(Nc1ccc(Cl)cc1Cl)NN1C(=O)C(O)=CCc2ccccc21. The molecule has 6 nitrogen and oxygen atoms in total.